The van der Waals surface area contributed by atoms with Gasteiger partial charge >= 0.3 is 0 Å². The minimum Gasteiger partial charge on any atom is -0.366 e. The summed E-state index contributed by atoms with van der Waals surface area (Å²) in [6.45, 7) is 1.10. The third kappa shape index (κ3) is 2.70. The molecule has 7 heteroatoms. The van der Waals surface area contributed by atoms with E-state index >= 15 is 0 Å². The maximum Gasteiger partial charge on any atom is 0.260 e. The van der Waals surface area contributed by atoms with Crippen molar-refractivity contribution in [2.75, 3.05) is 18.0 Å². The predicted octanol–water partition coefficient (Wildman–Crippen LogP) is 1.72. The molecule has 4 rings (SSSR count). The molecule has 0 bridgehead atoms. The van der Waals surface area contributed by atoms with Crippen LogP contribution in [-0.2, 0) is 7.05 Å². The Morgan fingerprint density at radius 2 is 2.24 bits per heavy atom. The lowest BCUT2D eigenvalue weighted by atomic mass is 10.0. The highest BCUT2D eigenvalue weighted by molar-refractivity contribution is 5.74. The molecule has 3 heterocycles. The van der Waals surface area contributed by atoms with Gasteiger partial charge in [0, 0.05) is 44.0 Å². The van der Waals surface area contributed by atoms with Crippen LogP contribution in [0.25, 0.3) is 11.0 Å². The van der Waals surface area contributed by atoms with Crippen LogP contribution in [0.15, 0.2) is 41.3 Å². The summed E-state index contributed by atoms with van der Waals surface area (Å²) in [6.07, 6.45) is 2.60. The lowest BCUT2D eigenvalue weighted by molar-refractivity contribution is 0.622. The van der Waals surface area contributed by atoms with Crippen molar-refractivity contribution >= 4 is 16.7 Å². The highest BCUT2D eigenvalue weighted by Gasteiger charge is 2.34. The number of hydrogen-bond donors (Lipinski definition) is 2. The molecule has 0 aliphatic carbocycles. The molecule has 6 nitrogen and oxygen atoms in total. The van der Waals surface area contributed by atoms with Gasteiger partial charge in [-0.25, -0.2) is 9.37 Å². The largest absolute Gasteiger partial charge is 0.366 e. The number of aromatic amines is 1. The normalized spacial score (nSPS) is 20.5. The zero-order valence-corrected chi connectivity index (χ0v) is 13.9. The van der Waals surface area contributed by atoms with E-state index in [1.807, 2.05) is 23.9 Å². The molecule has 2 aromatic heterocycles. The quantitative estimate of drug-likeness (QED) is 0.760. The predicted molar refractivity (Wildman–Crippen MR) is 95.3 cm³/mol. The van der Waals surface area contributed by atoms with Crippen molar-refractivity contribution in [1.82, 2.24) is 14.5 Å². The summed E-state index contributed by atoms with van der Waals surface area (Å²) in [5, 5.41) is 0.585. The molecule has 25 heavy (non-hydrogen) atoms. The van der Waals surface area contributed by atoms with E-state index in [1.54, 1.807) is 12.1 Å². The Hall–Kier alpha value is -2.67. The van der Waals surface area contributed by atoms with Crippen molar-refractivity contribution < 1.29 is 4.39 Å². The number of nitrogens with two attached hydrogens (primary N) is 1. The first kappa shape index (κ1) is 15.8. The van der Waals surface area contributed by atoms with E-state index in [2.05, 4.69) is 14.9 Å². The van der Waals surface area contributed by atoms with Gasteiger partial charge in [-0.15, -0.1) is 0 Å². The van der Waals surface area contributed by atoms with Crippen LogP contribution in [0.3, 0.4) is 0 Å². The molecule has 130 valence electrons. The number of halogens is 1. The second kappa shape index (κ2) is 6.00. The fourth-order valence-electron chi connectivity index (χ4n) is 3.67. The van der Waals surface area contributed by atoms with E-state index < -0.39 is 0 Å². The average molecular weight is 341 g/mol. The molecule has 1 saturated heterocycles. The van der Waals surface area contributed by atoms with Crippen LogP contribution in [0.4, 0.5) is 10.1 Å². The van der Waals surface area contributed by atoms with Crippen LogP contribution >= 0.6 is 0 Å². The van der Waals surface area contributed by atoms with Crippen molar-refractivity contribution in [3.63, 3.8) is 0 Å². The van der Waals surface area contributed by atoms with Gasteiger partial charge in [0.05, 0.1) is 5.39 Å². The molecule has 0 radical (unpaired) electrons. The van der Waals surface area contributed by atoms with Gasteiger partial charge in [0.2, 0.25) is 0 Å². The Bertz CT molecular complexity index is 979. The summed E-state index contributed by atoms with van der Waals surface area (Å²) < 4.78 is 15.4. The number of rotatable bonds is 3. The first-order chi connectivity index (χ1) is 12.1. The first-order valence-corrected chi connectivity index (χ1v) is 8.34. The average Bonchev–Trinajstić information content (AvgIpc) is 3.19. The number of aromatic nitrogens is 3. The molecule has 1 aliphatic rings. The van der Waals surface area contributed by atoms with Gasteiger partial charge in [-0.3, -0.25) is 4.79 Å². The third-order valence-electron chi connectivity index (χ3n) is 4.97. The Morgan fingerprint density at radius 3 is 3.00 bits per heavy atom. The second-order valence-electron chi connectivity index (χ2n) is 6.57. The maximum absolute atomic E-state index is 13.6. The van der Waals surface area contributed by atoms with E-state index in [1.165, 1.54) is 12.1 Å². The van der Waals surface area contributed by atoms with Crippen LogP contribution in [0.5, 0.6) is 0 Å². The molecule has 0 saturated carbocycles. The summed E-state index contributed by atoms with van der Waals surface area (Å²) in [4.78, 5) is 22.0. The highest BCUT2D eigenvalue weighted by atomic mass is 19.1. The van der Waals surface area contributed by atoms with Gasteiger partial charge in [-0.1, -0.05) is 6.07 Å². The lowest BCUT2D eigenvalue weighted by Crippen LogP contribution is -2.35. The molecule has 1 aromatic carbocycles. The maximum atomic E-state index is 13.6. The first-order valence-electron chi connectivity index (χ1n) is 8.34. The van der Waals surface area contributed by atoms with Gasteiger partial charge in [0.25, 0.3) is 5.56 Å². The smallest absolute Gasteiger partial charge is 0.260 e. The third-order valence-corrected chi connectivity index (χ3v) is 4.97. The Kier molecular flexibility index (Phi) is 3.80. The Balaban J connectivity index is 1.70. The summed E-state index contributed by atoms with van der Waals surface area (Å²) in [5.41, 5.74) is 7.28. The van der Waals surface area contributed by atoms with Crippen molar-refractivity contribution in [2.24, 2.45) is 12.8 Å². The van der Waals surface area contributed by atoms with Crippen molar-refractivity contribution in [3.05, 3.63) is 58.5 Å². The number of nitrogens with one attached hydrogen (secondary N) is 1. The number of anilines is 1. The van der Waals surface area contributed by atoms with E-state index in [4.69, 9.17) is 5.73 Å². The number of hydrogen-bond acceptors (Lipinski definition) is 4. The standard InChI is InChI=1S/C18H20FN5O/c1-23-6-5-15-17(23)21-16(22-18(15)25)11-7-14(9-20)24(10-11)13-4-2-3-12(19)8-13/h2-6,8,11,14H,7,9-10,20H2,1H3,(H,21,22,25). The summed E-state index contributed by atoms with van der Waals surface area (Å²) >= 11 is 0. The fourth-order valence-corrected chi connectivity index (χ4v) is 3.67. The summed E-state index contributed by atoms with van der Waals surface area (Å²) in [5.74, 6) is 0.439. The number of aryl methyl sites for hydroxylation is 1. The molecule has 3 N–H and O–H groups in total. The van der Waals surface area contributed by atoms with Crippen LogP contribution in [-0.4, -0.2) is 33.7 Å². The number of benzene rings is 1. The van der Waals surface area contributed by atoms with Gasteiger partial charge in [0.1, 0.15) is 17.3 Å². The molecular formula is C18H20FN5O. The van der Waals surface area contributed by atoms with E-state index in [9.17, 15) is 9.18 Å². The highest BCUT2D eigenvalue weighted by Crippen LogP contribution is 2.33. The zero-order valence-electron chi connectivity index (χ0n) is 13.9. The van der Waals surface area contributed by atoms with Crippen LogP contribution < -0.4 is 16.2 Å². The van der Waals surface area contributed by atoms with Gasteiger partial charge in [-0.05, 0) is 30.7 Å². The molecule has 2 atom stereocenters. The molecule has 1 fully saturated rings. The SMILES string of the molecule is Cn1ccc2c(=O)[nH]c(C3CC(CN)N(c4cccc(F)c4)C3)nc21. The molecule has 0 spiro atoms. The summed E-state index contributed by atoms with van der Waals surface area (Å²) in [6, 6.07) is 8.37. The molecule has 3 aromatic rings. The van der Waals surface area contributed by atoms with Gasteiger partial charge < -0.3 is 20.2 Å². The number of nitrogens with zero attached hydrogens (tertiary/aromatic N) is 3. The summed E-state index contributed by atoms with van der Waals surface area (Å²) in [7, 11) is 1.87. The van der Waals surface area contributed by atoms with Crippen molar-refractivity contribution in [3.8, 4) is 0 Å². The molecule has 1 aliphatic heterocycles. The Labute approximate surface area is 144 Å². The molecular weight excluding hydrogens is 321 g/mol. The number of H-pyrrole nitrogens is 1. The monoisotopic (exact) mass is 341 g/mol. The topological polar surface area (TPSA) is 79.9 Å². The van der Waals surface area contributed by atoms with Crippen molar-refractivity contribution in [1.29, 1.82) is 0 Å². The Morgan fingerprint density at radius 1 is 1.40 bits per heavy atom. The van der Waals surface area contributed by atoms with Crippen LogP contribution in [0, 0.1) is 5.82 Å². The lowest BCUT2D eigenvalue weighted by Gasteiger charge is -2.25. The fraction of sp³-hybridized carbons (Fsp3) is 0.333. The molecule has 0 amide bonds. The number of fused-ring (bicyclic) bond motifs is 1. The minimum absolute atomic E-state index is 0.0452. The van der Waals surface area contributed by atoms with Crippen LogP contribution in [0.1, 0.15) is 18.2 Å². The molecule has 2 unspecified atom stereocenters. The van der Waals surface area contributed by atoms with Crippen molar-refractivity contribution in [2.45, 2.75) is 18.4 Å². The van der Waals surface area contributed by atoms with E-state index in [0.29, 0.717) is 29.9 Å². The van der Waals surface area contributed by atoms with E-state index in [0.717, 1.165) is 12.1 Å². The van der Waals surface area contributed by atoms with E-state index in [-0.39, 0.29) is 23.3 Å². The minimum atomic E-state index is -0.270. The van der Waals surface area contributed by atoms with Crippen LogP contribution in [0.2, 0.25) is 0 Å². The van der Waals surface area contributed by atoms with Gasteiger partial charge in [-0.2, -0.15) is 0 Å². The zero-order chi connectivity index (χ0) is 17.6. The van der Waals surface area contributed by atoms with Gasteiger partial charge in [0.15, 0.2) is 0 Å². The second-order valence-corrected chi connectivity index (χ2v) is 6.57.